The number of nitrogens with one attached hydrogen (secondary N) is 2. The number of benzene rings is 1. The molecule has 0 radical (unpaired) electrons. The van der Waals surface area contributed by atoms with Gasteiger partial charge in [0.05, 0.1) is 11.5 Å². The third-order valence-electron chi connectivity index (χ3n) is 2.24. The number of carbonyl (C=O) groups excluding carboxylic acids is 2. The topological polar surface area (TPSA) is 95.5 Å². The second-order valence-electron chi connectivity index (χ2n) is 4.08. The fourth-order valence-electron chi connectivity index (χ4n) is 1.30. The van der Waals surface area contributed by atoms with Crippen LogP contribution in [-0.2, 0) is 14.4 Å². The molecule has 0 saturated carbocycles. The number of anilines is 1. The molecule has 0 atom stereocenters. The maximum Gasteiger partial charge on any atom is 0.322 e. The van der Waals surface area contributed by atoms with Crippen molar-refractivity contribution in [2.45, 2.75) is 6.92 Å². The Hall–Kier alpha value is -2.02. The van der Waals surface area contributed by atoms with Gasteiger partial charge in [-0.15, -0.1) is 11.8 Å². The average Bonchev–Trinajstić information content (AvgIpc) is 2.39. The summed E-state index contributed by atoms with van der Waals surface area (Å²) in [6.45, 7) is 1.55. The highest BCUT2D eigenvalue weighted by atomic mass is 32.2. The van der Waals surface area contributed by atoms with Crippen LogP contribution < -0.4 is 10.6 Å². The number of amides is 2. The number of carboxylic acid groups (broad SMARTS) is 1. The summed E-state index contributed by atoms with van der Waals surface area (Å²) in [4.78, 5) is 33.0. The molecular formula is C13H16N2O4S. The number of hydrogen-bond donors (Lipinski definition) is 3. The van der Waals surface area contributed by atoms with Crippen LogP contribution in [0.25, 0.3) is 0 Å². The molecule has 3 N–H and O–H groups in total. The molecule has 7 heteroatoms. The minimum absolute atomic E-state index is 0.0502. The van der Waals surface area contributed by atoms with Crippen LogP contribution in [0.5, 0.6) is 0 Å². The monoisotopic (exact) mass is 296 g/mol. The van der Waals surface area contributed by atoms with Crippen molar-refractivity contribution in [2.24, 2.45) is 0 Å². The van der Waals surface area contributed by atoms with E-state index in [1.165, 1.54) is 0 Å². The van der Waals surface area contributed by atoms with Crippen LogP contribution in [0, 0.1) is 6.92 Å². The van der Waals surface area contributed by atoms with Gasteiger partial charge in [0.1, 0.15) is 6.54 Å². The lowest BCUT2D eigenvalue weighted by atomic mass is 10.2. The highest BCUT2D eigenvalue weighted by molar-refractivity contribution is 8.00. The van der Waals surface area contributed by atoms with Gasteiger partial charge in [-0.05, 0) is 19.1 Å². The Bertz CT molecular complexity index is 488. The van der Waals surface area contributed by atoms with E-state index < -0.39 is 18.4 Å². The van der Waals surface area contributed by atoms with Crippen LogP contribution in [0.15, 0.2) is 24.3 Å². The summed E-state index contributed by atoms with van der Waals surface area (Å²) in [5.74, 6) is -1.52. The second-order valence-corrected chi connectivity index (χ2v) is 5.06. The predicted octanol–water partition coefficient (Wildman–Crippen LogP) is 0.868. The molecule has 6 nitrogen and oxygen atoms in total. The molecule has 0 heterocycles. The third-order valence-corrected chi connectivity index (χ3v) is 3.17. The molecule has 0 unspecified atom stereocenters. The van der Waals surface area contributed by atoms with Crippen molar-refractivity contribution < 1.29 is 19.5 Å². The smallest absolute Gasteiger partial charge is 0.322 e. The largest absolute Gasteiger partial charge is 0.480 e. The molecule has 0 saturated heterocycles. The van der Waals surface area contributed by atoms with Crippen molar-refractivity contribution >= 4 is 35.2 Å². The first-order valence-electron chi connectivity index (χ1n) is 5.90. The molecule has 0 aliphatic rings. The summed E-state index contributed by atoms with van der Waals surface area (Å²) in [6.07, 6.45) is 0. The fourth-order valence-corrected chi connectivity index (χ4v) is 1.94. The molecule has 0 aliphatic heterocycles. The lowest BCUT2D eigenvalue weighted by molar-refractivity contribution is -0.137. The van der Waals surface area contributed by atoms with Gasteiger partial charge in [0.2, 0.25) is 11.8 Å². The molecule has 20 heavy (non-hydrogen) atoms. The Labute approximate surface area is 120 Å². The number of aliphatic carboxylic acids is 1. The van der Waals surface area contributed by atoms with Gasteiger partial charge in [0.25, 0.3) is 0 Å². The minimum atomic E-state index is -1.10. The van der Waals surface area contributed by atoms with Crippen LogP contribution in [-0.4, -0.2) is 40.9 Å². The minimum Gasteiger partial charge on any atom is -0.480 e. The average molecular weight is 296 g/mol. The van der Waals surface area contributed by atoms with Gasteiger partial charge in [-0.1, -0.05) is 17.7 Å². The molecule has 0 aromatic heterocycles. The van der Waals surface area contributed by atoms with E-state index in [0.29, 0.717) is 5.69 Å². The Kier molecular flexibility index (Phi) is 6.58. The Morgan fingerprint density at radius 2 is 1.70 bits per heavy atom. The molecule has 0 fully saturated rings. The van der Waals surface area contributed by atoms with Gasteiger partial charge in [0.15, 0.2) is 0 Å². The van der Waals surface area contributed by atoms with Crippen LogP contribution in [0.4, 0.5) is 5.69 Å². The highest BCUT2D eigenvalue weighted by Gasteiger charge is 2.07. The number of carboxylic acids is 1. The summed E-state index contributed by atoms with van der Waals surface area (Å²) in [6, 6.07) is 7.39. The number of rotatable bonds is 7. The van der Waals surface area contributed by atoms with Crippen LogP contribution >= 0.6 is 11.8 Å². The van der Waals surface area contributed by atoms with Crippen molar-refractivity contribution in [1.29, 1.82) is 0 Å². The Balaban J connectivity index is 2.21. The maximum absolute atomic E-state index is 11.6. The van der Waals surface area contributed by atoms with E-state index in [4.69, 9.17) is 5.11 Å². The van der Waals surface area contributed by atoms with E-state index in [-0.39, 0.29) is 17.4 Å². The normalized spacial score (nSPS) is 9.85. The number of aryl methyl sites for hydroxylation is 1. The van der Waals surface area contributed by atoms with Crippen molar-refractivity contribution in [1.82, 2.24) is 5.32 Å². The zero-order valence-corrected chi connectivity index (χ0v) is 11.8. The zero-order valence-electron chi connectivity index (χ0n) is 11.0. The summed E-state index contributed by atoms with van der Waals surface area (Å²) in [5, 5.41) is 13.3. The van der Waals surface area contributed by atoms with E-state index >= 15 is 0 Å². The van der Waals surface area contributed by atoms with Gasteiger partial charge in [-0.2, -0.15) is 0 Å². The van der Waals surface area contributed by atoms with Gasteiger partial charge >= 0.3 is 5.97 Å². The fraction of sp³-hybridized carbons (Fsp3) is 0.308. The van der Waals surface area contributed by atoms with Gasteiger partial charge in [-0.3, -0.25) is 14.4 Å². The quantitative estimate of drug-likeness (QED) is 0.694. The molecule has 0 bridgehead atoms. The summed E-state index contributed by atoms with van der Waals surface area (Å²) in [5.41, 5.74) is 1.81. The SMILES string of the molecule is Cc1ccc(NC(=O)CSCC(=O)NCC(=O)O)cc1. The molecule has 2 amide bonds. The molecular weight excluding hydrogens is 280 g/mol. The highest BCUT2D eigenvalue weighted by Crippen LogP contribution is 2.09. The van der Waals surface area contributed by atoms with E-state index in [2.05, 4.69) is 10.6 Å². The molecule has 1 rings (SSSR count). The molecule has 0 aliphatic carbocycles. The zero-order chi connectivity index (χ0) is 15.0. The molecule has 108 valence electrons. The Morgan fingerprint density at radius 1 is 1.10 bits per heavy atom. The summed E-state index contributed by atoms with van der Waals surface area (Å²) < 4.78 is 0. The van der Waals surface area contributed by atoms with Crippen molar-refractivity contribution in [2.75, 3.05) is 23.4 Å². The van der Waals surface area contributed by atoms with Gasteiger partial charge in [0, 0.05) is 5.69 Å². The number of carbonyl (C=O) groups is 3. The van der Waals surface area contributed by atoms with Crippen LogP contribution in [0.3, 0.4) is 0 Å². The predicted molar refractivity (Wildman–Crippen MR) is 77.8 cm³/mol. The lowest BCUT2D eigenvalue weighted by Gasteiger charge is -2.05. The lowest BCUT2D eigenvalue weighted by Crippen LogP contribution is -2.31. The number of thioether (sulfide) groups is 1. The first-order chi connectivity index (χ1) is 9.47. The summed E-state index contributed by atoms with van der Waals surface area (Å²) >= 11 is 1.13. The first kappa shape index (κ1) is 16.0. The van der Waals surface area contributed by atoms with E-state index in [9.17, 15) is 14.4 Å². The third kappa shape index (κ3) is 6.79. The first-order valence-corrected chi connectivity index (χ1v) is 7.05. The van der Waals surface area contributed by atoms with Crippen molar-refractivity contribution in [3.05, 3.63) is 29.8 Å². The summed E-state index contributed by atoms with van der Waals surface area (Å²) in [7, 11) is 0. The second kappa shape index (κ2) is 8.21. The Morgan fingerprint density at radius 3 is 2.30 bits per heavy atom. The molecule has 1 aromatic carbocycles. The van der Waals surface area contributed by atoms with Gasteiger partial charge in [-0.25, -0.2) is 0 Å². The van der Waals surface area contributed by atoms with Crippen molar-refractivity contribution in [3.8, 4) is 0 Å². The van der Waals surface area contributed by atoms with E-state index in [1.807, 2.05) is 19.1 Å². The molecule has 0 spiro atoms. The van der Waals surface area contributed by atoms with Crippen LogP contribution in [0.1, 0.15) is 5.56 Å². The van der Waals surface area contributed by atoms with Gasteiger partial charge < -0.3 is 15.7 Å². The molecule has 1 aromatic rings. The van der Waals surface area contributed by atoms with Crippen LogP contribution in [0.2, 0.25) is 0 Å². The number of hydrogen-bond acceptors (Lipinski definition) is 4. The maximum atomic E-state index is 11.6. The standard InChI is InChI=1S/C13H16N2O4S/c1-9-2-4-10(5-3-9)15-12(17)8-20-7-11(16)14-6-13(18)19/h2-5H,6-8H2,1H3,(H,14,16)(H,15,17)(H,18,19). The van der Waals surface area contributed by atoms with E-state index in [1.54, 1.807) is 12.1 Å². The van der Waals surface area contributed by atoms with Crippen molar-refractivity contribution in [3.63, 3.8) is 0 Å². The van der Waals surface area contributed by atoms with E-state index in [0.717, 1.165) is 17.3 Å².